The van der Waals surface area contributed by atoms with Crippen LogP contribution in [-0.2, 0) is 0 Å². The largest absolute Gasteiger partial charge is 0.573 e. The van der Waals surface area contributed by atoms with Crippen LogP contribution in [0.3, 0.4) is 0 Å². The standard InChI is InChI=1S/C16H14F3IO/c1-10(2)15-12(7-5-8-13(15)20)11-6-3-4-9-14(11)21-16(17,18)19/h3-10H,1-2H3. The molecule has 0 aliphatic heterocycles. The number of benzene rings is 2. The second kappa shape index (κ2) is 6.25. The monoisotopic (exact) mass is 406 g/mol. The maximum absolute atomic E-state index is 12.6. The number of para-hydroxylation sites is 1. The van der Waals surface area contributed by atoms with E-state index in [1.807, 2.05) is 32.0 Å². The molecular weight excluding hydrogens is 392 g/mol. The summed E-state index contributed by atoms with van der Waals surface area (Å²) in [5.74, 6) is 0.0287. The molecule has 0 radical (unpaired) electrons. The topological polar surface area (TPSA) is 9.23 Å². The first-order valence-electron chi connectivity index (χ1n) is 6.43. The van der Waals surface area contributed by atoms with Gasteiger partial charge in [0.15, 0.2) is 0 Å². The van der Waals surface area contributed by atoms with Gasteiger partial charge in [0.2, 0.25) is 0 Å². The van der Waals surface area contributed by atoms with Crippen LogP contribution in [0.15, 0.2) is 42.5 Å². The number of halogens is 4. The van der Waals surface area contributed by atoms with Crippen molar-refractivity contribution >= 4 is 22.6 Å². The Labute approximate surface area is 135 Å². The molecule has 0 N–H and O–H groups in total. The van der Waals surface area contributed by atoms with Crippen molar-refractivity contribution in [1.29, 1.82) is 0 Å². The molecule has 2 aromatic rings. The summed E-state index contributed by atoms with van der Waals surface area (Å²) in [6.45, 7) is 4.04. The fourth-order valence-electron chi connectivity index (χ4n) is 2.26. The van der Waals surface area contributed by atoms with Gasteiger partial charge in [0.1, 0.15) is 5.75 Å². The van der Waals surface area contributed by atoms with Gasteiger partial charge < -0.3 is 4.74 Å². The Bertz CT molecular complexity index is 636. The van der Waals surface area contributed by atoms with Crippen LogP contribution in [0.1, 0.15) is 25.3 Å². The Morgan fingerprint density at radius 1 is 0.952 bits per heavy atom. The third-order valence-electron chi connectivity index (χ3n) is 3.03. The number of hydrogen-bond acceptors (Lipinski definition) is 1. The number of hydrogen-bond donors (Lipinski definition) is 0. The zero-order valence-electron chi connectivity index (χ0n) is 11.5. The molecule has 0 spiro atoms. The first-order chi connectivity index (χ1) is 9.79. The molecule has 0 amide bonds. The summed E-state index contributed by atoms with van der Waals surface area (Å²) in [7, 11) is 0. The van der Waals surface area contributed by atoms with Crippen LogP contribution < -0.4 is 4.74 Å². The maximum atomic E-state index is 12.6. The molecule has 0 heterocycles. The van der Waals surface area contributed by atoms with E-state index in [9.17, 15) is 13.2 Å². The van der Waals surface area contributed by atoms with Crippen LogP contribution in [0.2, 0.25) is 0 Å². The normalized spacial score (nSPS) is 11.8. The molecule has 0 aliphatic rings. The lowest BCUT2D eigenvalue weighted by Crippen LogP contribution is -2.17. The molecule has 112 valence electrons. The van der Waals surface area contributed by atoms with Crippen molar-refractivity contribution in [3.8, 4) is 16.9 Å². The second-order valence-corrected chi connectivity index (χ2v) is 6.06. The van der Waals surface area contributed by atoms with E-state index in [1.165, 1.54) is 12.1 Å². The summed E-state index contributed by atoms with van der Waals surface area (Å²) < 4.78 is 42.8. The van der Waals surface area contributed by atoms with Gasteiger partial charge in [0.05, 0.1) is 0 Å². The summed E-state index contributed by atoms with van der Waals surface area (Å²) in [6.07, 6.45) is -4.70. The molecule has 0 aromatic heterocycles. The van der Waals surface area contributed by atoms with Gasteiger partial charge in [-0.2, -0.15) is 0 Å². The Hall–Kier alpha value is -1.24. The summed E-state index contributed by atoms with van der Waals surface area (Å²) in [6, 6.07) is 11.9. The van der Waals surface area contributed by atoms with Gasteiger partial charge in [0, 0.05) is 9.13 Å². The van der Waals surface area contributed by atoms with E-state index in [4.69, 9.17) is 0 Å². The van der Waals surface area contributed by atoms with E-state index in [-0.39, 0.29) is 11.7 Å². The first-order valence-corrected chi connectivity index (χ1v) is 7.51. The third kappa shape index (κ3) is 3.90. The second-order valence-electron chi connectivity index (χ2n) is 4.90. The predicted octanol–water partition coefficient (Wildman–Crippen LogP) is 5.98. The summed E-state index contributed by atoms with van der Waals surface area (Å²) in [4.78, 5) is 0. The van der Waals surface area contributed by atoms with E-state index >= 15 is 0 Å². The molecule has 0 unspecified atom stereocenters. The molecule has 0 bridgehead atoms. The molecule has 21 heavy (non-hydrogen) atoms. The molecule has 2 rings (SSSR count). The minimum absolute atomic E-state index is 0.172. The number of ether oxygens (including phenoxy) is 1. The van der Waals surface area contributed by atoms with Gasteiger partial charge >= 0.3 is 6.36 Å². The van der Waals surface area contributed by atoms with E-state index < -0.39 is 6.36 Å². The maximum Gasteiger partial charge on any atom is 0.573 e. The summed E-state index contributed by atoms with van der Waals surface area (Å²) in [5, 5.41) is 0. The number of alkyl halides is 3. The van der Waals surface area contributed by atoms with Crippen LogP contribution in [0.4, 0.5) is 13.2 Å². The SMILES string of the molecule is CC(C)c1c(I)cccc1-c1ccccc1OC(F)(F)F. The molecule has 0 atom stereocenters. The Morgan fingerprint density at radius 3 is 2.19 bits per heavy atom. The lowest BCUT2D eigenvalue weighted by Gasteiger charge is -2.18. The fraction of sp³-hybridized carbons (Fsp3) is 0.250. The van der Waals surface area contributed by atoms with Gasteiger partial charge in [-0.15, -0.1) is 13.2 Å². The highest BCUT2D eigenvalue weighted by Gasteiger charge is 2.32. The highest BCUT2D eigenvalue weighted by Crippen LogP contribution is 2.39. The van der Waals surface area contributed by atoms with Crippen molar-refractivity contribution in [2.45, 2.75) is 26.1 Å². The zero-order valence-corrected chi connectivity index (χ0v) is 13.7. The van der Waals surface area contributed by atoms with Crippen LogP contribution >= 0.6 is 22.6 Å². The minimum Gasteiger partial charge on any atom is -0.405 e. The Morgan fingerprint density at radius 2 is 1.57 bits per heavy atom. The van der Waals surface area contributed by atoms with Crippen molar-refractivity contribution in [1.82, 2.24) is 0 Å². The van der Waals surface area contributed by atoms with Gasteiger partial charge in [-0.05, 0) is 51.8 Å². The van der Waals surface area contributed by atoms with Crippen LogP contribution in [-0.4, -0.2) is 6.36 Å². The third-order valence-corrected chi connectivity index (χ3v) is 3.97. The van der Waals surface area contributed by atoms with Gasteiger partial charge in [0.25, 0.3) is 0 Å². The van der Waals surface area contributed by atoms with E-state index in [0.29, 0.717) is 5.56 Å². The van der Waals surface area contributed by atoms with Crippen molar-refractivity contribution in [2.24, 2.45) is 0 Å². The van der Waals surface area contributed by atoms with Crippen LogP contribution in [0, 0.1) is 3.57 Å². The fourth-order valence-corrected chi connectivity index (χ4v) is 3.38. The average molecular weight is 406 g/mol. The quantitative estimate of drug-likeness (QED) is 0.570. The first kappa shape index (κ1) is 16.1. The molecule has 0 aliphatic carbocycles. The molecular formula is C16H14F3IO. The molecule has 1 nitrogen and oxygen atoms in total. The Balaban J connectivity index is 2.60. The lowest BCUT2D eigenvalue weighted by molar-refractivity contribution is -0.274. The van der Waals surface area contributed by atoms with Gasteiger partial charge in [-0.1, -0.05) is 44.2 Å². The molecule has 0 saturated heterocycles. The molecule has 0 saturated carbocycles. The Kier molecular flexibility index (Phi) is 4.81. The summed E-state index contributed by atoms with van der Waals surface area (Å²) >= 11 is 2.20. The average Bonchev–Trinajstić information content (AvgIpc) is 2.36. The van der Waals surface area contributed by atoms with E-state index in [1.54, 1.807) is 12.1 Å². The van der Waals surface area contributed by atoms with Crippen LogP contribution in [0.5, 0.6) is 5.75 Å². The number of rotatable bonds is 3. The molecule has 2 aromatic carbocycles. The minimum atomic E-state index is -4.70. The highest BCUT2D eigenvalue weighted by atomic mass is 127. The highest BCUT2D eigenvalue weighted by molar-refractivity contribution is 14.1. The van der Waals surface area contributed by atoms with Crippen molar-refractivity contribution in [3.05, 3.63) is 51.6 Å². The smallest absolute Gasteiger partial charge is 0.405 e. The van der Waals surface area contributed by atoms with E-state index in [0.717, 1.165) is 14.7 Å². The van der Waals surface area contributed by atoms with Crippen molar-refractivity contribution in [3.63, 3.8) is 0 Å². The predicted molar refractivity (Wildman–Crippen MR) is 85.4 cm³/mol. The van der Waals surface area contributed by atoms with Crippen molar-refractivity contribution in [2.75, 3.05) is 0 Å². The lowest BCUT2D eigenvalue weighted by atomic mass is 9.92. The molecule has 0 fully saturated rings. The zero-order chi connectivity index (χ0) is 15.6. The van der Waals surface area contributed by atoms with Crippen molar-refractivity contribution < 1.29 is 17.9 Å². The van der Waals surface area contributed by atoms with Crippen LogP contribution in [0.25, 0.3) is 11.1 Å². The molecule has 5 heteroatoms. The summed E-state index contributed by atoms with van der Waals surface area (Å²) in [5.41, 5.74) is 2.25. The van der Waals surface area contributed by atoms with Gasteiger partial charge in [-0.25, -0.2) is 0 Å². The van der Waals surface area contributed by atoms with Gasteiger partial charge in [-0.3, -0.25) is 0 Å². The van der Waals surface area contributed by atoms with E-state index in [2.05, 4.69) is 27.3 Å².